The van der Waals surface area contributed by atoms with E-state index in [1.807, 2.05) is 31.2 Å². The van der Waals surface area contributed by atoms with Gasteiger partial charge in [-0.15, -0.1) is 0 Å². The van der Waals surface area contributed by atoms with Crippen molar-refractivity contribution in [3.05, 3.63) is 87.9 Å². The normalized spacial score (nSPS) is 16.7. The van der Waals surface area contributed by atoms with Gasteiger partial charge in [-0.25, -0.2) is 0 Å². The van der Waals surface area contributed by atoms with E-state index in [-0.39, 0.29) is 33.4 Å². The molecule has 8 heteroatoms. The molecule has 0 aromatic heterocycles. The fourth-order valence-corrected chi connectivity index (χ4v) is 4.64. The molecule has 3 aromatic carbocycles. The number of aliphatic hydroxyl groups excluding tert-OH is 1. The van der Waals surface area contributed by atoms with Gasteiger partial charge in [0, 0.05) is 11.8 Å². The van der Waals surface area contributed by atoms with Crippen molar-refractivity contribution < 1.29 is 28.9 Å². The maximum atomic E-state index is 13.5. The summed E-state index contributed by atoms with van der Waals surface area (Å²) in [6, 6.07) is 16.5. The zero-order valence-corrected chi connectivity index (χ0v) is 22.7. The molecule has 0 bridgehead atoms. The highest BCUT2D eigenvalue weighted by Gasteiger charge is 2.47. The number of carbonyl (C=O) groups excluding carboxylic acids is 2. The number of hydrogen-bond donors (Lipinski definition) is 1. The molecule has 0 aliphatic carbocycles. The van der Waals surface area contributed by atoms with Crippen LogP contribution in [0.25, 0.3) is 5.76 Å². The zero-order chi connectivity index (χ0) is 27.6. The molecule has 3 aromatic rings. The number of hydrogen-bond acceptors (Lipinski definition) is 6. The molecule has 38 heavy (non-hydrogen) atoms. The van der Waals surface area contributed by atoms with E-state index in [4.69, 9.17) is 25.8 Å². The first-order chi connectivity index (χ1) is 18.2. The summed E-state index contributed by atoms with van der Waals surface area (Å²) in [6.45, 7) is 6.59. The lowest BCUT2D eigenvalue weighted by atomic mass is 9.94. The van der Waals surface area contributed by atoms with Gasteiger partial charge in [0.25, 0.3) is 11.7 Å². The van der Waals surface area contributed by atoms with Crippen LogP contribution in [-0.2, 0) is 9.59 Å². The van der Waals surface area contributed by atoms with Crippen LogP contribution in [0, 0.1) is 12.8 Å². The lowest BCUT2D eigenvalue weighted by Gasteiger charge is -2.26. The molecule has 0 radical (unpaired) electrons. The summed E-state index contributed by atoms with van der Waals surface area (Å²) in [5.41, 5.74) is 2.22. The van der Waals surface area contributed by atoms with Crippen LogP contribution >= 0.6 is 11.6 Å². The fraction of sp³-hybridized carbons (Fsp3) is 0.267. The van der Waals surface area contributed by atoms with Crippen LogP contribution < -0.4 is 19.1 Å². The number of rotatable bonds is 8. The molecule has 4 rings (SSSR count). The van der Waals surface area contributed by atoms with Crippen molar-refractivity contribution >= 4 is 34.7 Å². The van der Waals surface area contributed by atoms with E-state index in [1.54, 1.807) is 24.3 Å². The maximum Gasteiger partial charge on any atom is 0.300 e. The summed E-state index contributed by atoms with van der Waals surface area (Å²) in [7, 11) is 2.87. The highest BCUT2D eigenvalue weighted by Crippen LogP contribution is 2.45. The van der Waals surface area contributed by atoms with E-state index in [0.29, 0.717) is 29.5 Å². The van der Waals surface area contributed by atoms with E-state index >= 15 is 0 Å². The number of aliphatic hydroxyl groups is 1. The van der Waals surface area contributed by atoms with Gasteiger partial charge in [-0.1, -0.05) is 55.3 Å². The van der Waals surface area contributed by atoms with Crippen molar-refractivity contribution in [3.63, 3.8) is 0 Å². The molecule has 1 amide bonds. The molecule has 7 nitrogen and oxygen atoms in total. The molecular weight excluding hydrogens is 506 g/mol. The van der Waals surface area contributed by atoms with E-state index < -0.39 is 17.7 Å². The Bertz CT molecular complexity index is 1400. The molecule has 0 saturated carbocycles. The number of amides is 1. The van der Waals surface area contributed by atoms with Gasteiger partial charge in [-0.2, -0.15) is 0 Å². The number of aryl methyl sites for hydroxylation is 1. The van der Waals surface area contributed by atoms with Crippen LogP contribution in [0.4, 0.5) is 5.69 Å². The lowest BCUT2D eigenvalue weighted by molar-refractivity contribution is -0.132. The average Bonchev–Trinajstić information content (AvgIpc) is 3.17. The number of benzene rings is 3. The first kappa shape index (κ1) is 27.1. The van der Waals surface area contributed by atoms with Gasteiger partial charge in [0.1, 0.15) is 23.0 Å². The standard InChI is InChI=1S/C30H30ClNO6/c1-17(2)16-38-21-11-9-20(10-12-21)32-27(19-8-6-7-18(3)13-19)26(29(34)30(32)35)28(33)22-14-25(37-5)23(31)15-24(22)36-4/h6-15,17,27,33H,16H2,1-5H3/b28-26+. The summed E-state index contributed by atoms with van der Waals surface area (Å²) in [5, 5.41) is 11.8. The first-order valence-corrected chi connectivity index (χ1v) is 12.6. The third kappa shape index (κ3) is 5.20. The van der Waals surface area contributed by atoms with Gasteiger partial charge < -0.3 is 19.3 Å². The molecule has 1 saturated heterocycles. The van der Waals surface area contributed by atoms with E-state index in [0.717, 1.165) is 5.56 Å². The molecule has 1 heterocycles. The maximum absolute atomic E-state index is 13.5. The predicted molar refractivity (Wildman–Crippen MR) is 147 cm³/mol. The topological polar surface area (TPSA) is 85.3 Å². The Kier molecular flexibility index (Phi) is 7.97. The minimum absolute atomic E-state index is 0.0663. The second-order valence-corrected chi connectivity index (χ2v) is 9.88. The second-order valence-electron chi connectivity index (χ2n) is 9.47. The third-order valence-electron chi connectivity index (χ3n) is 6.23. The van der Waals surface area contributed by atoms with Crippen molar-refractivity contribution in [1.82, 2.24) is 0 Å². The Morgan fingerprint density at radius 1 is 1.00 bits per heavy atom. The number of halogens is 1. The van der Waals surface area contributed by atoms with Gasteiger partial charge in [-0.3, -0.25) is 14.5 Å². The van der Waals surface area contributed by atoms with Gasteiger partial charge in [0.15, 0.2) is 0 Å². The molecule has 1 unspecified atom stereocenters. The van der Waals surface area contributed by atoms with Crippen LogP contribution in [0.3, 0.4) is 0 Å². The first-order valence-electron chi connectivity index (χ1n) is 12.2. The Balaban J connectivity index is 1.89. The number of nitrogens with zero attached hydrogens (tertiary/aromatic N) is 1. The summed E-state index contributed by atoms with van der Waals surface area (Å²) < 4.78 is 16.5. The third-order valence-corrected chi connectivity index (χ3v) is 6.52. The molecule has 1 atom stereocenters. The zero-order valence-electron chi connectivity index (χ0n) is 21.9. The Hall–Kier alpha value is -3.97. The number of carbonyl (C=O) groups is 2. The number of ether oxygens (including phenoxy) is 3. The van der Waals surface area contributed by atoms with Gasteiger partial charge >= 0.3 is 0 Å². The van der Waals surface area contributed by atoms with Crippen LogP contribution in [0.1, 0.15) is 36.6 Å². The van der Waals surface area contributed by atoms with E-state index in [9.17, 15) is 14.7 Å². The van der Waals surface area contributed by atoms with E-state index in [2.05, 4.69) is 13.8 Å². The molecule has 1 N–H and O–H groups in total. The highest BCUT2D eigenvalue weighted by molar-refractivity contribution is 6.51. The molecule has 0 spiro atoms. The molecular formula is C30H30ClNO6. The van der Waals surface area contributed by atoms with Crippen LogP contribution in [0.5, 0.6) is 17.2 Å². The van der Waals surface area contributed by atoms with Crippen LogP contribution in [-0.4, -0.2) is 37.6 Å². The number of methoxy groups -OCH3 is 2. The van der Waals surface area contributed by atoms with Crippen LogP contribution in [0.2, 0.25) is 5.02 Å². The lowest BCUT2D eigenvalue weighted by Crippen LogP contribution is -2.29. The summed E-state index contributed by atoms with van der Waals surface area (Å²) in [4.78, 5) is 28.4. The quantitative estimate of drug-likeness (QED) is 0.206. The second kappa shape index (κ2) is 11.2. The fourth-order valence-electron chi connectivity index (χ4n) is 4.41. The monoisotopic (exact) mass is 535 g/mol. The number of Topliss-reactive ketones (excluding diaryl/α,β-unsaturated/α-hetero) is 1. The largest absolute Gasteiger partial charge is 0.507 e. The van der Waals surface area contributed by atoms with Gasteiger partial charge in [-0.05, 0) is 48.7 Å². The molecule has 198 valence electrons. The smallest absolute Gasteiger partial charge is 0.300 e. The van der Waals surface area contributed by atoms with E-state index in [1.165, 1.54) is 31.3 Å². The van der Waals surface area contributed by atoms with Crippen LogP contribution in [0.15, 0.2) is 66.2 Å². The summed E-state index contributed by atoms with van der Waals surface area (Å²) >= 11 is 6.25. The Morgan fingerprint density at radius 2 is 1.68 bits per heavy atom. The summed E-state index contributed by atoms with van der Waals surface area (Å²) in [5.74, 6) is -0.428. The number of anilines is 1. The van der Waals surface area contributed by atoms with Crippen molar-refractivity contribution in [2.24, 2.45) is 5.92 Å². The van der Waals surface area contributed by atoms with Crippen molar-refractivity contribution in [1.29, 1.82) is 0 Å². The molecule has 1 fully saturated rings. The number of ketones is 1. The van der Waals surface area contributed by atoms with Crippen molar-refractivity contribution in [3.8, 4) is 17.2 Å². The Morgan fingerprint density at radius 3 is 2.29 bits per heavy atom. The SMILES string of the molecule is COc1cc(/C(O)=C2\C(=O)C(=O)N(c3ccc(OCC(C)C)cc3)C2c2cccc(C)c2)c(OC)cc1Cl. The van der Waals surface area contributed by atoms with Gasteiger partial charge in [0.05, 0.1) is 43.0 Å². The minimum atomic E-state index is -0.885. The molecule has 1 aliphatic rings. The van der Waals surface area contributed by atoms with Crippen molar-refractivity contribution in [2.45, 2.75) is 26.8 Å². The van der Waals surface area contributed by atoms with Crippen molar-refractivity contribution in [2.75, 3.05) is 25.7 Å². The summed E-state index contributed by atoms with van der Waals surface area (Å²) in [6.07, 6.45) is 0. The van der Waals surface area contributed by atoms with Gasteiger partial charge in [0.2, 0.25) is 0 Å². The molecule has 1 aliphatic heterocycles. The highest BCUT2D eigenvalue weighted by atomic mass is 35.5. The Labute approximate surface area is 227 Å². The predicted octanol–water partition coefficient (Wildman–Crippen LogP) is 6.33. The minimum Gasteiger partial charge on any atom is -0.507 e. The average molecular weight is 536 g/mol.